The average molecular weight is 374 g/mol. The molecule has 138 valence electrons. The molecular formula is C18H22N4O3S. The molecule has 2 fully saturated rings. The summed E-state index contributed by atoms with van der Waals surface area (Å²) < 4.78 is 6.75. The topological polar surface area (TPSA) is 67.7 Å². The number of hydrogen-bond donors (Lipinski definition) is 0. The Morgan fingerprint density at radius 2 is 1.96 bits per heavy atom. The summed E-state index contributed by atoms with van der Waals surface area (Å²) in [5, 5.41) is 6.20. The van der Waals surface area contributed by atoms with Crippen LogP contribution in [0.2, 0.25) is 0 Å². The van der Waals surface area contributed by atoms with Crippen LogP contribution in [0.5, 0.6) is 5.88 Å². The lowest BCUT2D eigenvalue weighted by Crippen LogP contribution is -2.51. The highest BCUT2D eigenvalue weighted by atomic mass is 32.1. The minimum absolute atomic E-state index is 0.0927. The maximum Gasteiger partial charge on any atom is 0.261 e. The van der Waals surface area contributed by atoms with E-state index in [2.05, 4.69) is 16.5 Å². The Kier molecular flexibility index (Phi) is 4.44. The van der Waals surface area contributed by atoms with Gasteiger partial charge in [0, 0.05) is 56.1 Å². The number of rotatable bonds is 4. The quantitative estimate of drug-likeness (QED) is 0.815. The van der Waals surface area contributed by atoms with Crippen molar-refractivity contribution in [2.45, 2.75) is 12.3 Å². The Labute approximate surface area is 156 Å². The zero-order valence-corrected chi connectivity index (χ0v) is 15.7. The second-order valence-electron chi connectivity index (χ2n) is 6.81. The summed E-state index contributed by atoms with van der Waals surface area (Å²) in [6.45, 7) is 2.25. The Morgan fingerprint density at radius 3 is 2.62 bits per heavy atom. The zero-order valence-electron chi connectivity index (χ0n) is 14.9. The van der Waals surface area contributed by atoms with Gasteiger partial charge in [0.05, 0.1) is 7.11 Å². The monoisotopic (exact) mass is 374 g/mol. The summed E-state index contributed by atoms with van der Waals surface area (Å²) in [7, 11) is 3.27. The maximum absolute atomic E-state index is 12.7. The largest absolute Gasteiger partial charge is 0.479 e. The zero-order chi connectivity index (χ0) is 18.3. The fourth-order valence-corrected chi connectivity index (χ4v) is 4.49. The number of aryl methyl sites for hydroxylation is 1. The van der Waals surface area contributed by atoms with Crippen LogP contribution in [0.4, 0.5) is 0 Å². The first-order valence-corrected chi connectivity index (χ1v) is 9.65. The van der Waals surface area contributed by atoms with Crippen molar-refractivity contribution in [1.29, 1.82) is 0 Å². The molecule has 2 aromatic rings. The van der Waals surface area contributed by atoms with Gasteiger partial charge in [0.15, 0.2) is 0 Å². The second-order valence-corrected chi connectivity index (χ2v) is 7.79. The van der Waals surface area contributed by atoms with Gasteiger partial charge in [0.1, 0.15) is 5.56 Å². The fraction of sp³-hybridized carbons (Fsp3) is 0.500. The molecule has 2 amide bonds. The van der Waals surface area contributed by atoms with Gasteiger partial charge in [-0.15, -0.1) is 16.4 Å². The van der Waals surface area contributed by atoms with E-state index in [1.165, 1.54) is 12.0 Å². The van der Waals surface area contributed by atoms with E-state index in [0.29, 0.717) is 43.5 Å². The summed E-state index contributed by atoms with van der Waals surface area (Å²) in [6.07, 6.45) is 2.62. The lowest BCUT2D eigenvalue weighted by atomic mass is 10.2. The second kappa shape index (κ2) is 6.75. The van der Waals surface area contributed by atoms with E-state index in [1.54, 1.807) is 34.2 Å². The molecule has 4 rings (SSSR count). The molecule has 8 heteroatoms. The highest BCUT2D eigenvalue weighted by molar-refractivity contribution is 7.10. The minimum atomic E-state index is -0.0927. The van der Waals surface area contributed by atoms with Crippen LogP contribution in [0.15, 0.2) is 23.7 Å². The predicted octanol–water partition coefficient (Wildman–Crippen LogP) is 1.58. The molecule has 2 aliphatic rings. The van der Waals surface area contributed by atoms with E-state index >= 15 is 0 Å². The van der Waals surface area contributed by atoms with Gasteiger partial charge in [-0.2, -0.15) is 0 Å². The number of nitrogens with zero attached hydrogens (tertiary/aromatic N) is 4. The standard InChI is InChI=1S/C18H22N4O3S/c1-20-11-14(16(19-20)25-2)18(24)22-7-5-21(6-8-22)17(23)13-10-12(13)15-4-3-9-26-15/h3-4,9,11-13H,5-8,10H2,1-2H3/t12-,13+/m0/s1. The number of thiophene rings is 1. The average Bonchev–Trinajstić information content (AvgIpc) is 3.09. The molecule has 0 bridgehead atoms. The van der Waals surface area contributed by atoms with Crippen molar-refractivity contribution in [2.24, 2.45) is 13.0 Å². The van der Waals surface area contributed by atoms with Crippen LogP contribution in [-0.2, 0) is 11.8 Å². The molecule has 26 heavy (non-hydrogen) atoms. The van der Waals surface area contributed by atoms with Crippen LogP contribution in [0, 0.1) is 5.92 Å². The number of aromatic nitrogens is 2. The molecule has 1 aliphatic heterocycles. The van der Waals surface area contributed by atoms with Gasteiger partial charge < -0.3 is 14.5 Å². The van der Waals surface area contributed by atoms with Crippen LogP contribution < -0.4 is 4.74 Å². The van der Waals surface area contributed by atoms with Crippen molar-refractivity contribution in [1.82, 2.24) is 19.6 Å². The first-order chi connectivity index (χ1) is 12.6. The van der Waals surface area contributed by atoms with E-state index in [9.17, 15) is 9.59 Å². The van der Waals surface area contributed by atoms with Crippen molar-refractivity contribution in [2.75, 3.05) is 33.3 Å². The summed E-state index contributed by atoms with van der Waals surface area (Å²) >= 11 is 1.73. The number of methoxy groups -OCH3 is 1. The Balaban J connectivity index is 1.34. The third-order valence-electron chi connectivity index (χ3n) is 5.11. The molecule has 0 aromatic carbocycles. The van der Waals surface area contributed by atoms with Crippen molar-refractivity contribution >= 4 is 23.2 Å². The van der Waals surface area contributed by atoms with Crippen molar-refractivity contribution in [3.8, 4) is 5.88 Å². The highest BCUT2D eigenvalue weighted by Crippen LogP contribution is 2.50. The van der Waals surface area contributed by atoms with Crippen LogP contribution >= 0.6 is 11.3 Å². The molecule has 3 heterocycles. The molecule has 2 aromatic heterocycles. The van der Waals surface area contributed by atoms with Crippen molar-refractivity contribution < 1.29 is 14.3 Å². The molecule has 0 spiro atoms. The fourth-order valence-electron chi connectivity index (χ4n) is 3.58. The lowest BCUT2D eigenvalue weighted by molar-refractivity contribution is -0.134. The van der Waals surface area contributed by atoms with Gasteiger partial charge in [-0.3, -0.25) is 14.3 Å². The molecule has 2 atom stereocenters. The van der Waals surface area contributed by atoms with Crippen LogP contribution in [0.3, 0.4) is 0 Å². The van der Waals surface area contributed by atoms with Gasteiger partial charge >= 0.3 is 0 Å². The molecule has 1 aliphatic carbocycles. The van der Waals surface area contributed by atoms with E-state index in [-0.39, 0.29) is 17.7 Å². The Bertz CT molecular complexity index is 809. The van der Waals surface area contributed by atoms with Crippen LogP contribution in [0.25, 0.3) is 0 Å². The number of hydrogen-bond acceptors (Lipinski definition) is 5. The molecule has 0 N–H and O–H groups in total. The Morgan fingerprint density at radius 1 is 1.23 bits per heavy atom. The number of ether oxygens (including phenoxy) is 1. The molecule has 7 nitrogen and oxygen atoms in total. The molecule has 0 unspecified atom stereocenters. The van der Waals surface area contributed by atoms with Gasteiger partial charge in [-0.05, 0) is 17.9 Å². The minimum Gasteiger partial charge on any atom is -0.479 e. The third-order valence-corrected chi connectivity index (χ3v) is 6.12. The van der Waals surface area contributed by atoms with Gasteiger partial charge in [-0.1, -0.05) is 6.07 Å². The number of amides is 2. The summed E-state index contributed by atoms with van der Waals surface area (Å²) in [4.78, 5) is 30.4. The van der Waals surface area contributed by atoms with E-state index in [4.69, 9.17) is 4.74 Å². The normalized spacial score (nSPS) is 22.4. The molecule has 0 radical (unpaired) electrons. The van der Waals surface area contributed by atoms with E-state index in [0.717, 1.165) is 6.42 Å². The number of carbonyl (C=O) groups excluding carboxylic acids is 2. The predicted molar refractivity (Wildman–Crippen MR) is 97.4 cm³/mol. The van der Waals surface area contributed by atoms with E-state index < -0.39 is 0 Å². The molecular weight excluding hydrogens is 352 g/mol. The summed E-state index contributed by atoms with van der Waals surface area (Å²) in [5.74, 6) is 0.989. The Hall–Kier alpha value is -2.35. The molecule has 1 saturated heterocycles. The highest BCUT2D eigenvalue weighted by Gasteiger charge is 2.46. The van der Waals surface area contributed by atoms with Crippen LogP contribution in [-0.4, -0.2) is 64.7 Å². The van der Waals surface area contributed by atoms with Gasteiger partial charge in [-0.25, -0.2) is 0 Å². The summed E-state index contributed by atoms with van der Waals surface area (Å²) in [5.41, 5.74) is 0.467. The smallest absolute Gasteiger partial charge is 0.261 e. The van der Waals surface area contributed by atoms with E-state index in [1.807, 2.05) is 11.0 Å². The first kappa shape index (κ1) is 17.1. The van der Waals surface area contributed by atoms with Crippen molar-refractivity contribution in [3.63, 3.8) is 0 Å². The van der Waals surface area contributed by atoms with Crippen molar-refractivity contribution in [3.05, 3.63) is 34.2 Å². The molecule has 1 saturated carbocycles. The maximum atomic E-state index is 12.7. The number of carbonyl (C=O) groups is 2. The van der Waals surface area contributed by atoms with Gasteiger partial charge in [0.25, 0.3) is 5.91 Å². The van der Waals surface area contributed by atoms with Crippen LogP contribution in [0.1, 0.15) is 27.6 Å². The third kappa shape index (κ3) is 3.09. The van der Waals surface area contributed by atoms with Gasteiger partial charge in [0.2, 0.25) is 11.8 Å². The number of piperazine rings is 1. The summed E-state index contributed by atoms with van der Waals surface area (Å²) in [6, 6.07) is 4.15. The first-order valence-electron chi connectivity index (χ1n) is 8.77. The SMILES string of the molecule is COc1nn(C)cc1C(=O)N1CCN(C(=O)[C@@H]2C[C@@H]2c2cccs2)CC1. The lowest BCUT2D eigenvalue weighted by Gasteiger charge is -2.34.